The molecule has 0 saturated carbocycles. The fourth-order valence-electron chi connectivity index (χ4n) is 2.12. The zero-order chi connectivity index (χ0) is 12.3. The van der Waals surface area contributed by atoms with E-state index in [1.54, 1.807) is 12.1 Å². The molecule has 1 saturated heterocycles. The van der Waals surface area contributed by atoms with Gasteiger partial charge in [0.15, 0.2) is 0 Å². The lowest BCUT2D eigenvalue weighted by molar-refractivity contribution is -0.379. The number of nitrogens with one attached hydrogen (secondary N) is 1. The molecule has 2 rings (SSSR count). The summed E-state index contributed by atoms with van der Waals surface area (Å²) in [5.41, 5.74) is 1.57. The van der Waals surface area contributed by atoms with E-state index in [9.17, 15) is 9.70 Å². The van der Waals surface area contributed by atoms with Gasteiger partial charge in [0, 0.05) is 41.0 Å². The number of carboxylic acid groups (broad SMARTS) is 1. The second-order valence-corrected chi connectivity index (χ2v) is 4.25. The van der Waals surface area contributed by atoms with E-state index in [1.165, 1.54) is 0 Å². The Morgan fingerprint density at radius 3 is 2.29 bits per heavy atom. The maximum Gasteiger partial charge on any atom is 0.306 e. The molecule has 1 aromatic carbocycles. The van der Waals surface area contributed by atoms with Crippen LogP contribution in [-0.4, -0.2) is 24.2 Å². The summed E-state index contributed by atoms with van der Waals surface area (Å²) >= 11 is 0. The molecular formula is C12H15N2O3+. The number of anilines is 1. The van der Waals surface area contributed by atoms with Crippen molar-refractivity contribution in [1.29, 1.82) is 0 Å². The van der Waals surface area contributed by atoms with E-state index in [2.05, 4.69) is 4.90 Å². The van der Waals surface area contributed by atoms with Crippen molar-refractivity contribution >= 4 is 17.3 Å². The minimum Gasteiger partial charge on any atom is -0.481 e. The highest BCUT2D eigenvalue weighted by Crippen LogP contribution is 2.23. The van der Waals surface area contributed by atoms with Crippen molar-refractivity contribution in [2.24, 2.45) is 5.92 Å². The summed E-state index contributed by atoms with van der Waals surface area (Å²) in [5.74, 6) is -0.913. The van der Waals surface area contributed by atoms with E-state index in [0.29, 0.717) is 18.5 Å². The fourth-order valence-corrected chi connectivity index (χ4v) is 2.12. The van der Waals surface area contributed by atoms with Gasteiger partial charge in [0.25, 0.3) is 5.69 Å². The van der Waals surface area contributed by atoms with Gasteiger partial charge < -0.3 is 10.0 Å². The molecule has 0 aromatic heterocycles. The first-order valence-corrected chi connectivity index (χ1v) is 5.66. The second-order valence-electron chi connectivity index (χ2n) is 4.25. The molecule has 17 heavy (non-hydrogen) atoms. The number of carboxylic acids is 1. The molecule has 0 bridgehead atoms. The summed E-state index contributed by atoms with van der Waals surface area (Å²) in [6.45, 7) is 1.50. The molecule has 90 valence electrons. The van der Waals surface area contributed by atoms with Crippen LogP contribution in [0.15, 0.2) is 24.3 Å². The first-order chi connectivity index (χ1) is 8.20. The Morgan fingerprint density at radius 2 is 1.82 bits per heavy atom. The Hall–Kier alpha value is -1.91. The smallest absolute Gasteiger partial charge is 0.306 e. The SMILES string of the molecule is O=[NH+]c1ccc(N2CCC(C(=O)O)CC2)cc1. The van der Waals surface area contributed by atoms with Crippen molar-refractivity contribution in [2.75, 3.05) is 18.0 Å². The van der Waals surface area contributed by atoms with Crippen molar-refractivity contribution in [3.8, 4) is 0 Å². The number of rotatable bonds is 3. The molecule has 1 fully saturated rings. The minimum atomic E-state index is -0.699. The van der Waals surface area contributed by atoms with Crippen molar-refractivity contribution < 1.29 is 15.1 Å². The van der Waals surface area contributed by atoms with Gasteiger partial charge in [-0.15, -0.1) is 0 Å². The number of nitrogens with zero attached hydrogens (tertiary/aromatic N) is 1. The Bertz CT molecular complexity index is 408. The summed E-state index contributed by atoms with van der Waals surface area (Å²) in [6.07, 6.45) is 1.35. The third-order valence-electron chi connectivity index (χ3n) is 3.19. The molecule has 1 heterocycles. The third-order valence-corrected chi connectivity index (χ3v) is 3.19. The Morgan fingerprint density at radius 1 is 1.24 bits per heavy atom. The normalized spacial score (nSPS) is 16.8. The van der Waals surface area contributed by atoms with E-state index in [-0.39, 0.29) is 5.92 Å². The van der Waals surface area contributed by atoms with Crippen LogP contribution in [0.1, 0.15) is 12.8 Å². The van der Waals surface area contributed by atoms with Gasteiger partial charge in [0.2, 0.25) is 0 Å². The van der Waals surface area contributed by atoms with Gasteiger partial charge in [-0.1, -0.05) is 0 Å². The lowest BCUT2D eigenvalue weighted by Gasteiger charge is -2.31. The van der Waals surface area contributed by atoms with Gasteiger partial charge >= 0.3 is 5.97 Å². The number of benzene rings is 1. The van der Waals surface area contributed by atoms with Gasteiger partial charge in [-0.3, -0.25) is 4.79 Å². The van der Waals surface area contributed by atoms with Crippen LogP contribution >= 0.6 is 0 Å². The minimum absolute atomic E-state index is 0.214. The second kappa shape index (κ2) is 4.95. The van der Waals surface area contributed by atoms with E-state index in [1.807, 2.05) is 17.3 Å². The van der Waals surface area contributed by atoms with E-state index >= 15 is 0 Å². The molecule has 5 nitrogen and oxygen atoms in total. The molecule has 0 radical (unpaired) electrons. The quantitative estimate of drug-likeness (QED) is 0.798. The summed E-state index contributed by atoms with van der Waals surface area (Å²) in [6, 6.07) is 7.21. The van der Waals surface area contributed by atoms with Crippen LogP contribution in [0.25, 0.3) is 0 Å². The van der Waals surface area contributed by atoms with Crippen LogP contribution in [0.5, 0.6) is 0 Å². The van der Waals surface area contributed by atoms with Gasteiger partial charge in [-0.2, -0.15) is 0 Å². The number of aliphatic carboxylic acids is 1. The van der Waals surface area contributed by atoms with Crippen LogP contribution in [-0.2, 0) is 4.79 Å². The zero-order valence-corrected chi connectivity index (χ0v) is 9.43. The molecule has 0 spiro atoms. The number of carbonyl (C=O) groups is 1. The lowest BCUT2D eigenvalue weighted by Crippen LogP contribution is -2.55. The topological polar surface area (TPSA) is 71.6 Å². The summed E-state index contributed by atoms with van der Waals surface area (Å²) in [5, 5.41) is 10.7. The average molecular weight is 235 g/mol. The number of piperidine rings is 1. The Labute approximate surface area is 99.0 Å². The molecule has 1 aliphatic heterocycles. The first-order valence-electron chi connectivity index (χ1n) is 5.66. The van der Waals surface area contributed by atoms with Crippen LogP contribution in [0, 0.1) is 10.8 Å². The molecule has 1 aromatic rings. The molecule has 0 aliphatic carbocycles. The van der Waals surface area contributed by atoms with Crippen LogP contribution in [0.2, 0.25) is 0 Å². The molecule has 0 amide bonds. The van der Waals surface area contributed by atoms with E-state index in [0.717, 1.165) is 18.8 Å². The molecule has 5 heteroatoms. The van der Waals surface area contributed by atoms with Gasteiger partial charge in [0.05, 0.1) is 5.92 Å². The van der Waals surface area contributed by atoms with Crippen LogP contribution < -0.4 is 10.1 Å². The number of nitroso groups, excluding NO2 is 1. The van der Waals surface area contributed by atoms with Crippen LogP contribution in [0.4, 0.5) is 11.4 Å². The fraction of sp³-hybridized carbons (Fsp3) is 0.417. The Kier molecular flexibility index (Phi) is 3.37. The van der Waals surface area contributed by atoms with Gasteiger partial charge in [0.1, 0.15) is 0 Å². The molecule has 0 atom stereocenters. The molecule has 1 aliphatic rings. The third kappa shape index (κ3) is 2.61. The van der Waals surface area contributed by atoms with E-state index in [4.69, 9.17) is 5.11 Å². The zero-order valence-electron chi connectivity index (χ0n) is 9.43. The van der Waals surface area contributed by atoms with Gasteiger partial charge in [-0.25, -0.2) is 0 Å². The molecule has 0 unspecified atom stereocenters. The highest BCUT2D eigenvalue weighted by Gasteiger charge is 2.24. The van der Waals surface area contributed by atoms with E-state index < -0.39 is 5.97 Å². The summed E-state index contributed by atoms with van der Waals surface area (Å²) in [7, 11) is 0. The lowest BCUT2D eigenvalue weighted by atomic mass is 9.97. The largest absolute Gasteiger partial charge is 0.481 e. The van der Waals surface area contributed by atoms with Crippen molar-refractivity contribution in [3.63, 3.8) is 0 Å². The van der Waals surface area contributed by atoms with Crippen molar-refractivity contribution in [2.45, 2.75) is 12.8 Å². The molecule has 2 N–H and O–H groups in total. The number of hydrogen-bond acceptors (Lipinski definition) is 3. The predicted octanol–water partition coefficient (Wildman–Crippen LogP) is 0.466. The predicted molar refractivity (Wildman–Crippen MR) is 63.0 cm³/mol. The maximum atomic E-state index is 10.8. The average Bonchev–Trinajstić information content (AvgIpc) is 2.39. The first kappa shape index (κ1) is 11.6. The molecular weight excluding hydrogens is 220 g/mol. The summed E-state index contributed by atoms with van der Waals surface area (Å²) < 4.78 is 0. The van der Waals surface area contributed by atoms with Crippen molar-refractivity contribution in [3.05, 3.63) is 29.2 Å². The maximum absolute atomic E-state index is 10.8. The monoisotopic (exact) mass is 235 g/mol. The summed E-state index contributed by atoms with van der Waals surface area (Å²) in [4.78, 5) is 23.4. The van der Waals surface area contributed by atoms with Crippen LogP contribution in [0.3, 0.4) is 0 Å². The number of hydrogen-bond donors (Lipinski definition) is 2. The standard InChI is InChI=1S/C12H14N2O3/c15-12(16)9-5-7-14(8-6-9)11-3-1-10(13-17)2-4-11/h1-4,9H,5-8H2,(H,15,16)/p+1. The van der Waals surface area contributed by atoms with Crippen molar-refractivity contribution in [1.82, 2.24) is 0 Å². The highest BCUT2D eigenvalue weighted by molar-refractivity contribution is 5.70. The highest BCUT2D eigenvalue weighted by atomic mass is 16.4. The van der Waals surface area contributed by atoms with Gasteiger partial charge in [-0.05, 0) is 25.0 Å². The Balaban J connectivity index is 2.00.